The molecule has 1 N–H and O–H groups in total. The Bertz CT molecular complexity index is 806. The fourth-order valence-corrected chi connectivity index (χ4v) is 4.19. The first-order chi connectivity index (χ1) is 13.7. The highest BCUT2D eigenvalue weighted by atomic mass is 16.2. The molecule has 2 saturated heterocycles. The van der Waals surface area contributed by atoms with Gasteiger partial charge in [0.2, 0.25) is 5.91 Å². The van der Waals surface area contributed by atoms with E-state index in [0.29, 0.717) is 12.5 Å². The first-order valence-electron chi connectivity index (χ1n) is 10.2. The molecular formula is C21H28N6O. The number of hydrogen-bond donors (Lipinski definition) is 1. The topological polar surface area (TPSA) is 74.2 Å². The number of piperidine rings is 1. The van der Waals surface area contributed by atoms with E-state index in [4.69, 9.17) is 4.98 Å². The fraction of sp³-hybridized carbons (Fsp3) is 0.524. The molecule has 7 heteroatoms. The van der Waals surface area contributed by atoms with Crippen molar-refractivity contribution in [3.63, 3.8) is 0 Å². The lowest BCUT2D eigenvalue weighted by molar-refractivity contribution is -0.131. The number of hydrogen-bond acceptors (Lipinski definition) is 6. The van der Waals surface area contributed by atoms with E-state index in [-0.39, 0.29) is 5.91 Å². The first kappa shape index (κ1) is 18.8. The van der Waals surface area contributed by atoms with E-state index in [1.54, 1.807) is 18.6 Å². The molecule has 2 aliphatic heterocycles. The second-order valence-corrected chi connectivity index (χ2v) is 7.80. The molecule has 4 rings (SSSR count). The lowest BCUT2D eigenvalue weighted by Crippen LogP contribution is -2.43. The molecule has 2 aromatic rings. The van der Waals surface area contributed by atoms with Crippen molar-refractivity contribution in [2.75, 3.05) is 38.0 Å². The van der Waals surface area contributed by atoms with E-state index in [1.165, 1.54) is 0 Å². The number of nitrogens with zero attached hydrogens (tertiary/aromatic N) is 5. The quantitative estimate of drug-likeness (QED) is 0.860. The minimum absolute atomic E-state index is 0.278. The average molecular weight is 380 g/mol. The maximum Gasteiger partial charge on any atom is 0.236 e. The van der Waals surface area contributed by atoms with Gasteiger partial charge in [-0.1, -0.05) is 0 Å². The van der Waals surface area contributed by atoms with Crippen molar-refractivity contribution in [1.29, 1.82) is 0 Å². The molecule has 2 aromatic heterocycles. The van der Waals surface area contributed by atoms with E-state index >= 15 is 0 Å². The monoisotopic (exact) mass is 380 g/mol. The van der Waals surface area contributed by atoms with Crippen molar-refractivity contribution in [3.05, 3.63) is 42.1 Å². The largest absolute Gasteiger partial charge is 0.342 e. The van der Waals surface area contributed by atoms with E-state index in [9.17, 15) is 4.79 Å². The highest BCUT2D eigenvalue weighted by Crippen LogP contribution is 2.28. The molecule has 148 valence electrons. The predicted octanol–water partition coefficient (Wildman–Crippen LogP) is 2.73. The van der Waals surface area contributed by atoms with Crippen LogP contribution in [0.25, 0.3) is 0 Å². The minimum atomic E-state index is 0.278. The lowest BCUT2D eigenvalue weighted by atomic mass is 9.93. The van der Waals surface area contributed by atoms with Gasteiger partial charge in [-0.2, -0.15) is 0 Å². The summed E-state index contributed by atoms with van der Waals surface area (Å²) in [5, 5.41) is 3.32. The minimum Gasteiger partial charge on any atom is -0.342 e. The van der Waals surface area contributed by atoms with Crippen LogP contribution in [-0.4, -0.2) is 63.4 Å². The van der Waals surface area contributed by atoms with Crippen molar-refractivity contribution in [2.24, 2.45) is 0 Å². The van der Waals surface area contributed by atoms with Crippen LogP contribution < -0.4 is 5.32 Å². The van der Waals surface area contributed by atoms with Gasteiger partial charge < -0.3 is 10.2 Å². The number of rotatable bonds is 5. The molecule has 28 heavy (non-hydrogen) atoms. The van der Waals surface area contributed by atoms with Gasteiger partial charge in [0.1, 0.15) is 5.82 Å². The molecule has 1 amide bonds. The third-order valence-electron chi connectivity index (χ3n) is 5.55. The number of carbonyl (C=O) groups excluding carboxylic acids is 1. The van der Waals surface area contributed by atoms with E-state index < -0.39 is 0 Å². The van der Waals surface area contributed by atoms with Crippen LogP contribution in [-0.2, 0) is 4.79 Å². The van der Waals surface area contributed by atoms with Crippen LogP contribution in [0.4, 0.5) is 11.5 Å². The fourth-order valence-electron chi connectivity index (χ4n) is 4.19. The molecule has 0 bridgehead atoms. The van der Waals surface area contributed by atoms with Crippen LogP contribution in [0.3, 0.4) is 0 Å². The summed E-state index contributed by atoms with van der Waals surface area (Å²) in [5.74, 6) is 1.35. The third kappa shape index (κ3) is 4.65. The normalized spacial score (nSPS) is 20.3. The smallest absolute Gasteiger partial charge is 0.236 e. The van der Waals surface area contributed by atoms with Crippen molar-refractivity contribution in [2.45, 2.75) is 38.5 Å². The van der Waals surface area contributed by atoms with Gasteiger partial charge in [-0.3, -0.25) is 19.7 Å². The Kier molecular flexibility index (Phi) is 5.81. The van der Waals surface area contributed by atoms with Crippen molar-refractivity contribution in [3.8, 4) is 0 Å². The molecule has 2 fully saturated rings. The number of aryl methyl sites for hydroxylation is 1. The van der Waals surface area contributed by atoms with Crippen LogP contribution in [0.2, 0.25) is 0 Å². The van der Waals surface area contributed by atoms with Crippen LogP contribution in [0, 0.1) is 6.92 Å². The summed E-state index contributed by atoms with van der Waals surface area (Å²) >= 11 is 0. The molecule has 7 nitrogen and oxygen atoms in total. The predicted molar refractivity (Wildman–Crippen MR) is 109 cm³/mol. The molecular weight excluding hydrogens is 352 g/mol. The molecule has 4 heterocycles. The Morgan fingerprint density at radius 3 is 2.82 bits per heavy atom. The van der Waals surface area contributed by atoms with Gasteiger partial charge >= 0.3 is 0 Å². The maximum atomic E-state index is 12.5. The first-order valence-corrected chi connectivity index (χ1v) is 10.2. The van der Waals surface area contributed by atoms with Gasteiger partial charge in [-0.15, -0.1) is 0 Å². The summed E-state index contributed by atoms with van der Waals surface area (Å²) in [4.78, 5) is 30.0. The Morgan fingerprint density at radius 1 is 1.18 bits per heavy atom. The molecule has 0 spiro atoms. The summed E-state index contributed by atoms with van der Waals surface area (Å²) in [6.07, 6.45) is 9.53. The van der Waals surface area contributed by atoms with Crippen LogP contribution >= 0.6 is 0 Å². The Labute approximate surface area is 166 Å². The van der Waals surface area contributed by atoms with Crippen molar-refractivity contribution < 1.29 is 4.79 Å². The summed E-state index contributed by atoms with van der Waals surface area (Å²) < 4.78 is 0. The Morgan fingerprint density at radius 2 is 2.04 bits per heavy atom. The number of amides is 1. The SMILES string of the molecule is Cc1cc(Nc2cnccn2)cc([C@H]2CCCN(CC(=O)N3CCCC3)C2)n1. The summed E-state index contributed by atoms with van der Waals surface area (Å²) in [7, 11) is 0. The molecule has 0 unspecified atom stereocenters. The van der Waals surface area contributed by atoms with Gasteiger partial charge in [-0.25, -0.2) is 4.98 Å². The number of carbonyl (C=O) groups is 1. The van der Waals surface area contributed by atoms with Gasteiger partial charge in [0.15, 0.2) is 0 Å². The number of likely N-dealkylation sites (tertiary alicyclic amines) is 2. The second kappa shape index (κ2) is 8.65. The summed E-state index contributed by atoms with van der Waals surface area (Å²) in [6, 6.07) is 4.13. The van der Waals surface area contributed by atoms with Gasteiger partial charge in [0.05, 0.1) is 12.7 Å². The van der Waals surface area contributed by atoms with Crippen LogP contribution in [0.15, 0.2) is 30.7 Å². The summed E-state index contributed by atoms with van der Waals surface area (Å²) in [5.41, 5.74) is 3.05. The standard InChI is InChI=1S/C21H28N6O/c1-16-11-18(25-20-13-22-6-7-23-20)12-19(24-16)17-5-4-8-26(14-17)15-21(28)27-9-2-3-10-27/h6-7,11-13,17H,2-5,8-10,14-15H2,1H3,(H,23,24,25)/t17-/m0/s1. The molecule has 0 saturated carbocycles. The highest BCUT2D eigenvalue weighted by Gasteiger charge is 2.26. The zero-order chi connectivity index (χ0) is 19.3. The number of nitrogens with one attached hydrogen (secondary N) is 1. The second-order valence-electron chi connectivity index (χ2n) is 7.80. The van der Waals surface area contributed by atoms with E-state index in [2.05, 4.69) is 26.3 Å². The van der Waals surface area contributed by atoms with Crippen LogP contribution in [0.1, 0.15) is 43.0 Å². The maximum absolute atomic E-state index is 12.5. The van der Waals surface area contributed by atoms with E-state index in [1.807, 2.05) is 17.9 Å². The number of pyridine rings is 1. The number of aromatic nitrogens is 3. The molecule has 0 aliphatic carbocycles. The Balaban J connectivity index is 1.43. The zero-order valence-electron chi connectivity index (χ0n) is 16.5. The Hall–Kier alpha value is -2.54. The lowest BCUT2D eigenvalue weighted by Gasteiger charge is -2.33. The molecule has 1 atom stereocenters. The van der Waals surface area contributed by atoms with Gasteiger partial charge in [0.25, 0.3) is 0 Å². The van der Waals surface area contributed by atoms with Gasteiger partial charge in [0, 0.05) is 55.0 Å². The molecule has 2 aliphatic rings. The highest BCUT2D eigenvalue weighted by molar-refractivity contribution is 5.78. The molecule has 0 radical (unpaired) electrons. The molecule has 0 aromatic carbocycles. The van der Waals surface area contributed by atoms with Crippen molar-refractivity contribution >= 4 is 17.4 Å². The van der Waals surface area contributed by atoms with E-state index in [0.717, 1.165) is 74.8 Å². The van der Waals surface area contributed by atoms with Gasteiger partial charge in [-0.05, 0) is 51.3 Å². The third-order valence-corrected chi connectivity index (χ3v) is 5.55. The zero-order valence-corrected chi connectivity index (χ0v) is 16.5. The van der Waals surface area contributed by atoms with Crippen molar-refractivity contribution in [1.82, 2.24) is 24.8 Å². The average Bonchev–Trinajstić information content (AvgIpc) is 3.24. The van der Waals surface area contributed by atoms with Crippen LogP contribution in [0.5, 0.6) is 0 Å². The number of anilines is 2. The summed E-state index contributed by atoms with van der Waals surface area (Å²) in [6.45, 7) is 6.28.